The minimum absolute atomic E-state index is 0.0548. The van der Waals surface area contributed by atoms with E-state index in [2.05, 4.69) is 15.9 Å². The Bertz CT molecular complexity index is 1320. The molecule has 2 amide bonds. The van der Waals surface area contributed by atoms with Crippen molar-refractivity contribution in [2.75, 3.05) is 20.3 Å². The van der Waals surface area contributed by atoms with Crippen LogP contribution < -0.4 is 14.2 Å². The van der Waals surface area contributed by atoms with E-state index in [1.165, 1.54) is 43.5 Å². The number of carbonyl (C=O) groups excluding carboxylic acids is 2. The quantitative estimate of drug-likeness (QED) is 0.274. The maximum Gasteiger partial charge on any atom is 0.293 e. The molecule has 186 valence electrons. The van der Waals surface area contributed by atoms with Crippen molar-refractivity contribution in [1.82, 2.24) is 4.90 Å². The molecular weight excluding hydrogens is 556 g/mol. The number of hydrogen-bond acceptors (Lipinski definition) is 6. The van der Waals surface area contributed by atoms with Crippen LogP contribution in [-0.2, 0) is 11.4 Å². The van der Waals surface area contributed by atoms with Crippen molar-refractivity contribution < 1.29 is 32.6 Å². The number of imide groups is 1. The van der Waals surface area contributed by atoms with Gasteiger partial charge in [-0.15, -0.1) is 0 Å². The fourth-order valence-corrected chi connectivity index (χ4v) is 4.81. The summed E-state index contributed by atoms with van der Waals surface area (Å²) in [6.45, 7) is 0.262. The van der Waals surface area contributed by atoms with Gasteiger partial charge in [0.15, 0.2) is 11.5 Å². The van der Waals surface area contributed by atoms with Crippen LogP contribution in [0.1, 0.15) is 11.1 Å². The van der Waals surface area contributed by atoms with Crippen LogP contribution in [0.5, 0.6) is 17.2 Å². The zero-order valence-corrected chi connectivity index (χ0v) is 21.4. The van der Waals surface area contributed by atoms with Gasteiger partial charge in [0.1, 0.15) is 30.6 Å². The zero-order valence-electron chi connectivity index (χ0n) is 19.0. The van der Waals surface area contributed by atoms with Gasteiger partial charge < -0.3 is 14.2 Å². The molecule has 0 aliphatic carbocycles. The SMILES string of the molecule is COc1cc(/C=C2\SC(=O)N(CCOc3ccc(F)cc3)C2=O)cc(Br)c1OCc1cccc(F)c1. The zero-order chi connectivity index (χ0) is 25.7. The molecule has 0 radical (unpaired) electrons. The molecule has 1 saturated heterocycles. The smallest absolute Gasteiger partial charge is 0.293 e. The fourth-order valence-electron chi connectivity index (χ4n) is 3.38. The average Bonchev–Trinajstić information content (AvgIpc) is 3.11. The van der Waals surface area contributed by atoms with Gasteiger partial charge >= 0.3 is 0 Å². The number of amides is 2. The van der Waals surface area contributed by atoms with Gasteiger partial charge in [-0.3, -0.25) is 14.5 Å². The van der Waals surface area contributed by atoms with Crippen molar-refractivity contribution in [2.24, 2.45) is 0 Å². The number of thioether (sulfide) groups is 1. The number of halogens is 3. The molecule has 6 nitrogen and oxygen atoms in total. The number of methoxy groups -OCH3 is 1. The normalized spacial score (nSPS) is 14.4. The van der Waals surface area contributed by atoms with Crippen LogP contribution in [0.15, 0.2) is 70.0 Å². The van der Waals surface area contributed by atoms with Crippen LogP contribution in [0.3, 0.4) is 0 Å². The van der Waals surface area contributed by atoms with Gasteiger partial charge in [-0.1, -0.05) is 12.1 Å². The third-order valence-electron chi connectivity index (χ3n) is 5.09. The Morgan fingerprint density at radius 2 is 1.78 bits per heavy atom. The predicted octanol–water partition coefficient (Wildman–Crippen LogP) is 6.43. The molecule has 0 unspecified atom stereocenters. The van der Waals surface area contributed by atoms with Gasteiger partial charge in [0, 0.05) is 0 Å². The first-order valence-corrected chi connectivity index (χ1v) is 12.3. The van der Waals surface area contributed by atoms with E-state index in [0.29, 0.717) is 32.8 Å². The Morgan fingerprint density at radius 1 is 1.00 bits per heavy atom. The Labute approximate surface area is 219 Å². The second-order valence-electron chi connectivity index (χ2n) is 7.59. The summed E-state index contributed by atoms with van der Waals surface area (Å²) in [4.78, 5) is 26.6. The van der Waals surface area contributed by atoms with Gasteiger partial charge in [0.05, 0.1) is 23.0 Å². The molecule has 0 aromatic heterocycles. The van der Waals surface area contributed by atoms with Gasteiger partial charge in [-0.2, -0.15) is 0 Å². The minimum Gasteiger partial charge on any atom is -0.493 e. The number of benzene rings is 3. The first kappa shape index (κ1) is 25.7. The number of rotatable bonds is 9. The molecule has 0 bridgehead atoms. The Balaban J connectivity index is 1.43. The summed E-state index contributed by atoms with van der Waals surface area (Å²) >= 11 is 4.29. The van der Waals surface area contributed by atoms with E-state index in [0.717, 1.165) is 16.7 Å². The van der Waals surface area contributed by atoms with E-state index in [-0.39, 0.29) is 36.3 Å². The van der Waals surface area contributed by atoms with Crippen LogP contribution in [0.4, 0.5) is 13.6 Å². The number of ether oxygens (including phenoxy) is 3. The van der Waals surface area contributed by atoms with E-state index < -0.39 is 11.1 Å². The van der Waals surface area contributed by atoms with E-state index >= 15 is 0 Å². The number of nitrogens with zero attached hydrogens (tertiary/aromatic N) is 1. The highest BCUT2D eigenvalue weighted by Gasteiger charge is 2.35. The lowest BCUT2D eigenvalue weighted by molar-refractivity contribution is -0.123. The maximum absolute atomic E-state index is 13.4. The first-order chi connectivity index (χ1) is 17.3. The van der Waals surface area contributed by atoms with Crippen LogP contribution in [0.25, 0.3) is 6.08 Å². The average molecular weight is 576 g/mol. The van der Waals surface area contributed by atoms with Crippen LogP contribution >= 0.6 is 27.7 Å². The van der Waals surface area contributed by atoms with Gasteiger partial charge in [-0.05, 0) is 93.4 Å². The van der Waals surface area contributed by atoms with Crippen molar-refractivity contribution in [1.29, 1.82) is 0 Å². The molecule has 0 N–H and O–H groups in total. The summed E-state index contributed by atoms with van der Waals surface area (Å²) < 4.78 is 43.8. The molecule has 10 heteroatoms. The highest BCUT2D eigenvalue weighted by Crippen LogP contribution is 2.39. The molecule has 0 spiro atoms. The van der Waals surface area contributed by atoms with E-state index in [1.54, 1.807) is 30.3 Å². The van der Waals surface area contributed by atoms with E-state index in [9.17, 15) is 18.4 Å². The lowest BCUT2D eigenvalue weighted by Gasteiger charge is -2.14. The second-order valence-corrected chi connectivity index (χ2v) is 9.44. The molecule has 36 heavy (non-hydrogen) atoms. The molecule has 3 aromatic carbocycles. The lowest BCUT2D eigenvalue weighted by Crippen LogP contribution is -2.32. The van der Waals surface area contributed by atoms with Crippen molar-refractivity contribution in [3.05, 3.63) is 92.8 Å². The third-order valence-corrected chi connectivity index (χ3v) is 6.59. The highest BCUT2D eigenvalue weighted by atomic mass is 79.9. The Morgan fingerprint density at radius 3 is 2.50 bits per heavy atom. The topological polar surface area (TPSA) is 65.1 Å². The van der Waals surface area contributed by atoms with Crippen molar-refractivity contribution in [2.45, 2.75) is 6.61 Å². The third kappa shape index (κ3) is 6.24. The molecule has 0 saturated carbocycles. The molecule has 4 rings (SSSR count). The molecule has 1 aliphatic heterocycles. The van der Waals surface area contributed by atoms with Crippen LogP contribution in [0.2, 0.25) is 0 Å². The molecule has 0 atom stereocenters. The van der Waals surface area contributed by atoms with Crippen molar-refractivity contribution in [3.8, 4) is 17.2 Å². The fraction of sp³-hybridized carbons (Fsp3) is 0.154. The number of hydrogen-bond donors (Lipinski definition) is 0. The van der Waals surface area contributed by atoms with Gasteiger partial charge in [0.2, 0.25) is 0 Å². The standard InChI is InChI=1S/C26H20BrF2NO5S/c1-33-22-13-17(12-21(27)24(22)35-15-16-3-2-4-19(29)11-16)14-23-25(31)30(26(32)36-23)9-10-34-20-7-5-18(28)6-8-20/h2-8,11-14H,9-10,15H2,1H3/b23-14-. The largest absolute Gasteiger partial charge is 0.493 e. The number of carbonyl (C=O) groups is 2. The van der Waals surface area contributed by atoms with E-state index in [1.807, 2.05) is 0 Å². The second kappa shape index (κ2) is 11.6. The highest BCUT2D eigenvalue weighted by molar-refractivity contribution is 9.10. The molecule has 1 heterocycles. The van der Waals surface area contributed by atoms with Crippen molar-refractivity contribution in [3.63, 3.8) is 0 Å². The molecule has 3 aromatic rings. The molecule has 1 fully saturated rings. The summed E-state index contributed by atoms with van der Waals surface area (Å²) in [5, 5.41) is -0.407. The molecule has 1 aliphatic rings. The summed E-state index contributed by atoms with van der Waals surface area (Å²) in [6.07, 6.45) is 1.59. The van der Waals surface area contributed by atoms with E-state index in [4.69, 9.17) is 14.2 Å². The first-order valence-electron chi connectivity index (χ1n) is 10.7. The van der Waals surface area contributed by atoms with Gasteiger partial charge in [0.25, 0.3) is 11.1 Å². The summed E-state index contributed by atoms with van der Waals surface area (Å²) in [6, 6.07) is 15.0. The summed E-state index contributed by atoms with van der Waals surface area (Å²) in [5.74, 6) is 0.0926. The van der Waals surface area contributed by atoms with Crippen LogP contribution in [-0.4, -0.2) is 36.3 Å². The Hall–Kier alpha value is -3.37. The monoisotopic (exact) mass is 575 g/mol. The predicted molar refractivity (Wildman–Crippen MR) is 136 cm³/mol. The summed E-state index contributed by atoms with van der Waals surface area (Å²) in [7, 11) is 1.48. The molecular formula is C26H20BrF2NO5S. The van der Waals surface area contributed by atoms with Crippen LogP contribution in [0, 0.1) is 11.6 Å². The maximum atomic E-state index is 13.4. The van der Waals surface area contributed by atoms with Crippen molar-refractivity contribution >= 4 is 44.9 Å². The minimum atomic E-state index is -0.436. The lowest BCUT2D eigenvalue weighted by atomic mass is 10.1. The van der Waals surface area contributed by atoms with Gasteiger partial charge in [-0.25, -0.2) is 8.78 Å². The summed E-state index contributed by atoms with van der Waals surface area (Å²) in [5.41, 5.74) is 1.27. The Kier molecular flexibility index (Phi) is 8.27.